The van der Waals surface area contributed by atoms with Gasteiger partial charge in [0.05, 0.1) is 9.82 Å². The summed E-state index contributed by atoms with van der Waals surface area (Å²) < 4.78 is 27.0. The van der Waals surface area contributed by atoms with Crippen LogP contribution in [-0.4, -0.2) is 30.2 Å². The Morgan fingerprint density at radius 1 is 1.48 bits per heavy atom. The smallest absolute Gasteiger partial charge is 0.258 e. The normalized spacial score (nSPS) is 19.9. The van der Waals surface area contributed by atoms with Gasteiger partial charge in [0.1, 0.15) is 5.02 Å². The summed E-state index contributed by atoms with van der Waals surface area (Å²) in [6, 6.07) is 2.37. The Labute approximate surface area is 128 Å². The number of nitro benzene ring substituents is 1. The highest BCUT2D eigenvalue weighted by Crippen LogP contribution is 2.34. The van der Waals surface area contributed by atoms with E-state index in [1.807, 2.05) is 6.92 Å². The van der Waals surface area contributed by atoms with Crippen molar-refractivity contribution in [1.82, 2.24) is 4.31 Å². The molecule has 1 aromatic carbocycles. The van der Waals surface area contributed by atoms with Crippen molar-refractivity contribution in [2.24, 2.45) is 0 Å². The zero-order valence-corrected chi connectivity index (χ0v) is 13.4. The molecule has 0 spiro atoms. The third-order valence-electron chi connectivity index (χ3n) is 3.82. The van der Waals surface area contributed by atoms with Gasteiger partial charge in [-0.25, -0.2) is 8.42 Å². The average Bonchev–Trinajstić information content (AvgIpc) is 2.86. The molecule has 1 aliphatic rings. The molecule has 1 saturated heterocycles. The maximum Gasteiger partial charge on any atom is 0.289 e. The van der Waals surface area contributed by atoms with Crippen molar-refractivity contribution in [1.29, 1.82) is 0 Å². The highest BCUT2D eigenvalue weighted by atomic mass is 35.5. The van der Waals surface area contributed by atoms with Gasteiger partial charge in [0.25, 0.3) is 5.69 Å². The Bertz CT molecular complexity index is 675. The Hall–Kier alpha value is -1.18. The lowest BCUT2D eigenvalue weighted by Gasteiger charge is -2.23. The lowest BCUT2D eigenvalue weighted by molar-refractivity contribution is -0.384. The Morgan fingerprint density at radius 3 is 2.71 bits per heavy atom. The van der Waals surface area contributed by atoms with Gasteiger partial charge in [-0.05, 0) is 37.8 Å². The van der Waals surface area contributed by atoms with Crippen LogP contribution in [-0.2, 0) is 10.0 Å². The van der Waals surface area contributed by atoms with Gasteiger partial charge in [-0.15, -0.1) is 0 Å². The fourth-order valence-electron chi connectivity index (χ4n) is 2.72. The number of nitro groups is 1. The molecule has 1 heterocycles. The molecule has 0 aromatic heterocycles. The van der Waals surface area contributed by atoms with Gasteiger partial charge >= 0.3 is 0 Å². The molecule has 116 valence electrons. The lowest BCUT2D eigenvalue weighted by Crippen LogP contribution is -2.35. The highest BCUT2D eigenvalue weighted by Gasteiger charge is 2.36. The largest absolute Gasteiger partial charge is 0.289 e. The monoisotopic (exact) mass is 332 g/mol. The summed E-state index contributed by atoms with van der Waals surface area (Å²) >= 11 is 5.81. The summed E-state index contributed by atoms with van der Waals surface area (Å²) in [5.74, 6) is 0. The fourth-order valence-corrected chi connectivity index (χ4v) is 5.00. The summed E-state index contributed by atoms with van der Waals surface area (Å²) in [4.78, 5) is 10.3. The van der Waals surface area contributed by atoms with Crippen LogP contribution in [0.15, 0.2) is 17.0 Å². The van der Waals surface area contributed by atoms with Gasteiger partial charge < -0.3 is 0 Å². The van der Waals surface area contributed by atoms with Crippen LogP contribution >= 0.6 is 11.6 Å². The molecule has 1 atom stereocenters. The number of nitrogens with zero attached hydrogens (tertiary/aromatic N) is 2. The Kier molecular flexibility index (Phi) is 4.55. The summed E-state index contributed by atoms with van der Waals surface area (Å²) in [7, 11) is -3.73. The van der Waals surface area contributed by atoms with Crippen LogP contribution in [0.4, 0.5) is 5.69 Å². The minimum absolute atomic E-state index is 0.0287. The molecule has 1 fully saturated rings. The molecule has 6 nitrogen and oxygen atoms in total. The van der Waals surface area contributed by atoms with Crippen LogP contribution in [0, 0.1) is 17.0 Å². The van der Waals surface area contributed by atoms with E-state index in [1.54, 1.807) is 6.92 Å². The third-order valence-corrected chi connectivity index (χ3v) is 6.22. The Morgan fingerprint density at radius 2 is 2.14 bits per heavy atom. The number of aryl methyl sites for hydroxylation is 1. The number of halogens is 1. The molecule has 0 aliphatic carbocycles. The lowest BCUT2D eigenvalue weighted by atomic mass is 10.2. The van der Waals surface area contributed by atoms with E-state index >= 15 is 0 Å². The summed E-state index contributed by atoms with van der Waals surface area (Å²) in [5, 5.41) is 10.9. The van der Waals surface area contributed by atoms with E-state index in [0.717, 1.165) is 25.3 Å². The van der Waals surface area contributed by atoms with E-state index in [2.05, 4.69) is 0 Å². The minimum atomic E-state index is -3.73. The molecule has 0 bridgehead atoms. The molecule has 0 saturated carbocycles. The van der Waals surface area contributed by atoms with Gasteiger partial charge in [0.2, 0.25) is 10.0 Å². The fraction of sp³-hybridized carbons (Fsp3) is 0.538. The first-order valence-corrected chi connectivity index (χ1v) is 8.57. The molecule has 1 aliphatic heterocycles. The molecule has 0 amide bonds. The van der Waals surface area contributed by atoms with Crippen molar-refractivity contribution >= 4 is 27.3 Å². The van der Waals surface area contributed by atoms with E-state index < -0.39 is 14.9 Å². The highest BCUT2D eigenvalue weighted by molar-refractivity contribution is 7.89. The van der Waals surface area contributed by atoms with Crippen LogP contribution in [0.3, 0.4) is 0 Å². The van der Waals surface area contributed by atoms with E-state index in [9.17, 15) is 18.5 Å². The van der Waals surface area contributed by atoms with Crippen molar-refractivity contribution in [3.05, 3.63) is 32.8 Å². The molecular weight excluding hydrogens is 316 g/mol. The molecule has 1 unspecified atom stereocenters. The maximum atomic E-state index is 12.8. The molecule has 1 aromatic rings. The molecule has 21 heavy (non-hydrogen) atoms. The summed E-state index contributed by atoms with van der Waals surface area (Å²) in [6.45, 7) is 3.99. The quantitative estimate of drug-likeness (QED) is 0.626. The number of hydrogen-bond acceptors (Lipinski definition) is 4. The topological polar surface area (TPSA) is 80.5 Å². The van der Waals surface area contributed by atoms with Crippen molar-refractivity contribution in [2.75, 3.05) is 6.54 Å². The standard InChI is InChI=1S/C13H17ClN2O4S/c1-3-10-5-4-6-15(10)21(19,20)13-8-12(16(17)18)11(14)7-9(13)2/h7-8,10H,3-6H2,1-2H3. The van der Waals surface area contributed by atoms with Crippen LogP contribution < -0.4 is 0 Å². The summed E-state index contributed by atoms with van der Waals surface area (Å²) in [6.07, 6.45) is 2.37. The minimum Gasteiger partial charge on any atom is -0.258 e. The van der Waals surface area contributed by atoms with Crippen LogP contribution in [0.5, 0.6) is 0 Å². The molecular formula is C13H17ClN2O4S. The van der Waals surface area contributed by atoms with E-state index in [1.165, 1.54) is 10.4 Å². The number of benzene rings is 1. The van der Waals surface area contributed by atoms with E-state index in [-0.39, 0.29) is 21.6 Å². The Balaban J connectivity index is 2.54. The van der Waals surface area contributed by atoms with E-state index in [4.69, 9.17) is 11.6 Å². The summed E-state index contributed by atoms with van der Waals surface area (Å²) in [5.41, 5.74) is 0.0421. The number of sulfonamides is 1. The van der Waals surface area contributed by atoms with Crippen LogP contribution in [0.2, 0.25) is 5.02 Å². The van der Waals surface area contributed by atoms with Crippen LogP contribution in [0.1, 0.15) is 31.7 Å². The second-order valence-electron chi connectivity index (χ2n) is 5.15. The first-order valence-electron chi connectivity index (χ1n) is 6.75. The zero-order chi connectivity index (χ0) is 15.8. The predicted molar refractivity (Wildman–Crippen MR) is 80.0 cm³/mol. The average molecular weight is 333 g/mol. The van der Waals surface area contributed by atoms with E-state index in [0.29, 0.717) is 12.1 Å². The van der Waals surface area contributed by atoms with Crippen LogP contribution in [0.25, 0.3) is 0 Å². The first kappa shape index (κ1) is 16.2. The predicted octanol–water partition coefficient (Wildman–Crippen LogP) is 3.12. The molecule has 0 radical (unpaired) electrons. The first-order chi connectivity index (χ1) is 9.78. The molecule has 8 heteroatoms. The van der Waals surface area contributed by atoms with Gasteiger partial charge in [0.15, 0.2) is 0 Å². The van der Waals surface area contributed by atoms with Gasteiger partial charge in [0, 0.05) is 18.7 Å². The van der Waals surface area contributed by atoms with Gasteiger partial charge in [-0.2, -0.15) is 4.31 Å². The third kappa shape index (κ3) is 2.90. The number of hydrogen-bond donors (Lipinski definition) is 0. The maximum absolute atomic E-state index is 12.8. The van der Waals surface area contributed by atoms with Gasteiger partial charge in [-0.1, -0.05) is 18.5 Å². The molecule has 2 rings (SSSR count). The van der Waals surface area contributed by atoms with Crippen molar-refractivity contribution in [2.45, 2.75) is 44.0 Å². The SMILES string of the molecule is CCC1CCCN1S(=O)(=O)c1cc([N+](=O)[O-])c(Cl)cc1C. The molecule has 0 N–H and O–H groups in total. The van der Waals surface area contributed by atoms with Crippen molar-refractivity contribution < 1.29 is 13.3 Å². The van der Waals surface area contributed by atoms with Crippen molar-refractivity contribution in [3.8, 4) is 0 Å². The second-order valence-corrected chi connectivity index (χ2v) is 7.41. The second kappa shape index (κ2) is 5.90. The van der Waals surface area contributed by atoms with Crippen molar-refractivity contribution in [3.63, 3.8) is 0 Å². The van der Waals surface area contributed by atoms with Gasteiger partial charge in [-0.3, -0.25) is 10.1 Å². The zero-order valence-electron chi connectivity index (χ0n) is 11.9. The number of rotatable bonds is 4.